The number of nitrogens with one attached hydrogen (secondary N) is 2. The highest BCUT2D eigenvalue weighted by Gasteiger charge is 2.00. The lowest BCUT2D eigenvalue weighted by atomic mass is 10.3. The Morgan fingerprint density at radius 3 is 2.82 bits per heavy atom. The average molecular weight is 155 g/mol. The number of carbonyl (C=O) groups excluding carboxylic acids is 1. The molecule has 1 amide bonds. The van der Waals surface area contributed by atoms with Crippen molar-refractivity contribution in [2.24, 2.45) is 0 Å². The summed E-state index contributed by atoms with van der Waals surface area (Å²) >= 11 is 0. The van der Waals surface area contributed by atoms with Crippen molar-refractivity contribution in [1.82, 2.24) is 10.9 Å². The van der Waals surface area contributed by atoms with Gasteiger partial charge in [-0.1, -0.05) is 6.92 Å². The molecule has 0 spiro atoms. The molecule has 0 aromatic heterocycles. The van der Waals surface area contributed by atoms with Gasteiger partial charge in [0.1, 0.15) is 6.42 Å². The van der Waals surface area contributed by atoms with E-state index in [9.17, 15) is 4.79 Å². The zero-order valence-corrected chi connectivity index (χ0v) is 6.85. The number of amides is 1. The summed E-state index contributed by atoms with van der Waals surface area (Å²) in [5.74, 6) is -0.284. The predicted molar refractivity (Wildman–Crippen MR) is 41.3 cm³/mol. The van der Waals surface area contributed by atoms with Crippen LogP contribution in [0.15, 0.2) is 0 Å². The molecule has 2 N–H and O–H groups in total. The molecule has 0 aliphatic heterocycles. The monoisotopic (exact) mass is 155 g/mol. The minimum Gasteiger partial charge on any atom is -0.290 e. The third-order valence-electron chi connectivity index (χ3n) is 1.31. The number of nitrogens with zero attached hydrogens (tertiary/aromatic N) is 1. The fourth-order valence-corrected chi connectivity index (χ4v) is 0.422. The molecule has 11 heavy (non-hydrogen) atoms. The molecule has 0 bridgehead atoms. The maximum atomic E-state index is 10.7. The van der Waals surface area contributed by atoms with Crippen LogP contribution in [0.25, 0.3) is 0 Å². The van der Waals surface area contributed by atoms with Crippen molar-refractivity contribution in [3.8, 4) is 6.07 Å². The van der Waals surface area contributed by atoms with Gasteiger partial charge in [-0.25, -0.2) is 5.43 Å². The van der Waals surface area contributed by atoms with E-state index in [1.165, 1.54) is 0 Å². The summed E-state index contributed by atoms with van der Waals surface area (Å²) in [6.45, 7) is 3.96. The van der Waals surface area contributed by atoms with Crippen molar-refractivity contribution in [1.29, 1.82) is 5.26 Å². The van der Waals surface area contributed by atoms with E-state index in [2.05, 4.69) is 10.9 Å². The predicted octanol–water partition coefficient (Wildman–Crippen LogP) is 0.319. The highest BCUT2D eigenvalue weighted by Crippen LogP contribution is 1.84. The van der Waals surface area contributed by atoms with Crippen LogP contribution in [0.4, 0.5) is 0 Å². The SMILES string of the molecule is CCC(C)NNC(=O)CC#N. The molecule has 0 saturated carbocycles. The topological polar surface area (TPSA) is 64.9 Å². The standard InChI is InChI=1S/C7H13N3O/c1-3-6(2)9-10-7(11)4-5-8/h6,9H,3-4H2,1-2H3,(H,10,11). The maximum absolute atomic E-state index is 10.7. The van der Waals surface area contributed by atoms with Gasteiger partial charge >= 0.3 is 0 Å². The van der Waals surface area contributed by atoms with E-state index in [0.717, 1.165) is 6.42 Å². The molecule has 1 atom stereocenters. The molecule has 4 nitrogen and oxygen atoms in total. The zero-order valence-electron chi connectivity index (χ0n) is 6.85. The summed E-state index contributed by atoms with van der Waals surface area (Å²) in [5, 5.41) is 8.12. The third kappa shape index (κ3) is 5.37. The molecule has 62 valence electrons. The van der Waals surface area contributed by atoms with Gasteiger partial charge in [0.25, 0.3) is 0 Å². The molecule has 0 aromatic rings. The summed E-state index contributed by atoms with van der Waals surface area (Å²) < 4.78 is 0. The molecule has 0 aliphatic rings. The Balaban J connectivity index is 3.39. The molecule has 4 heteroatoms. The quantitative estimate of drug-likeness (QED) is 0.574. The van der Waals surface area contributed by atoms with Crippen LogP contribution >= 0.6 is 0 Å². The van der Waals surface area contributed by atoms with Crippen molar-refractivity contribution in [2.75, 3.05) is 0 Å². The molecule has 0 aliphatic carbocycles. The van der Waals surface area contributed by atoms with Crippen LogP contribution in [0.2, 0.25) is 0 Å². The van der Waals surface area contributed by atoms with Crippen molar-refractivity contribution in [3.63, 3.8) is 0 Å². The van der Waals surface area contributed by atoms with Gasteiger partial charge in [0.2, 0.25) is 5.91 Å². The van der Waals surface area contributed by atoms with Crippen LogP contribution in [0.3, 0.4) is 0 Å². The van der Waals surface area contributed by atoms with Gasteiger partial charge in [-0.3, -0.25) is 10.2 Å². The molecule has 0 rings (SSSR count). The van der Waals surface area contributed by atoms with Crippen molar-refractivity contribution >= 4 is 5.91 Å². The van der Waals surface area contributed by atoms with E-state index in [0.29, 0.717) is 0 Å². The first-order chi connectivity index (χ1) is 5.20. The molecule has 0 heterocycles. The number of hydrogen-bond acceptors (Lipinski definition) is 3. The first kappa shape index (κ1) is 9.92. The molecule has 0 radical (unpaired) electrons. The number of hydrogen-bond donors (Lipinski definition) is 2. The van der Waals surface area contributed by atoms with Crippen LogP contribution in [-0.4, -0.2) is 11.9 Å². The average Bonchev–Trinajstić information content (AvgIpc) is 2.01. The molecule has 0 aromatic carbocycles. The van der Waals surface area contributed by atoms with Gasteiger partial charge in [0.05, 0.1) is 6.07 Å². The van der Waals surface area contributed by atoms with Crippen LogP contribution in [0.5, 0.6) is 0 Å². The fourth-order valence-electron chi connectivity index (χ4n) is 0.422. The summed E-state index contributed by atoms with van der Waals surface area (Å²) in [6.07, 6.45) is 0.844. The van der Waals surface area contributed by atoms with Gasteiger partial charge < -0.3 is 0 Å². The summed E-state index contributed by atoms with van der Waals surface area (Å²) in [5.41, 5.74) is 5.19. The second-order valence-corrected chi connectivity index (χ2v) is 2.34. The second-order valence-electron chi connectivity index (χ2n) is 2.34. The summed E-state index contributed by atoms with van der Waals surface area (Å²) in [7, 11) is 0. The van der Waals surface area contributed by atoms with Crippen LogP contribution in [0.1, 0.15) is 26.7 Å². The zero-order chi connectivity index (χ0) is 8.69. The Labute approximate surface area is 66.6 Å². The van der Waals surface area contributed by atoms with Crippen molar-refractivity contribution in [3.05, 3.63) is 0 Å². The molecule has 1 unspecified atom stereocenters. The van der Waals surface area contributed by atoms with Gasteiger partial charge in [0.15, 0.2) is 0 Å². The molecule has 0 fully saturated rings. The second kappa shape index (κ2) is 5.69. The van der Waals surface area contributed by atoms with E-state index < -0.39 is 0 Å². The van der Waals surface area contributed by atoms with Crippen LogP contribution < -0.4 is 10.9 Å². The Kier molecular flexibility index (Phi) is 5.13. The number of rotatable bonds is 4. The normalized spacial score (nSPS) is 11.7. The van der Waals surface area contributed by atoms with E-state index >= 15 is 0 Å². The minimum atomic E-state index is -0.284. The first-order valence-electron chi connectivity index (χ1n) is 3.62. The Morgan fingerprint density at radius 2 is 2.36 bits per heavy atom. The van der Waals surface area contributed by atoms with Crippen molar-refractivity contribution < 1.29 is 4.79 Å². The van der Waals surface area contributed by atoms with Gasteiger partial charge in [-0.2, -0.15) is 5.26 Å². The Bertz CT molecular complexity index is 162. The summed E-state index contributed by atoms with van der Waals surface area (Å²) in [4.78, 5) is 10.7. The van der Waals surface area contributed by atoms with Gasteiger partial charge in [-0.05, 0) is 13.3 Å². The molecular formula is C7H13N3O. The van der Waals surface area contributed by atoms with Gasteiger partial charge in [-0.15, -0.1) is 0 Å². The van der Waals surface area contributed by atoms with E-state index in [4.69, 9.17) is 5.26 Å². The highest BCUT2D eigenvalue weighted by atomic mass is 16.2. The number of hydrazine groups is 1. The fraction of sp³-hybridized carbons (Fsp3) is 0.714. The lowest BCUT2D eigenvalue weighted by molar-refractivity contribution is -0.121. The van der Waals surface area contributed by atoms with Crippen molar-refractivity contribution in [2.45, 2.75) is 32.7 Å². The maximum Gasteiger partial charge on any atom is 0.248 e. The van der Waals surface area contributed by atoms with Crippen LogP contribution in [0, 0.1) is 11.3 Å². The summed E-state index contributed by atoms with van der Waals surface area (Å²) in [6, 6.07) is 2.00. The van der Waals surface area contributed by atoms with Crippen LogP contribution in [-0.2, 0) is 4.79 Å². The van der Waals surface area contributed by atoms with E-state index in [-0.39, 0.29) is 18.4 Å². The third-order valence-corrected chi connectivity index (χ3v) is 1.31. The van der Waals surface area contributed by atoms with E-state index in [1.807, 2.05) is 13.8 Å². The Morgan fingerprint density at radius 1 is 1.73 bits per heavy atom. The number of carbonyl (C=O) groups is 1. The van der Waals surface area contributed by atoms with Gasteiger partial charge in [0, 0.05) is 6.04 Å². The first-order valence-corrected chi connectivity index (χ1v) is 3.62. The Hall–Kier alpha value is -1.08. The highest BCUT2D eigenvalue weighted by molar-refractivity contribution is 5.77. The van der Waals surface area contributed by atoms with E-state index in [1.54, 1.807) is 6.07 Å². The minimum absolute atomic E-state index is 0.0938. The number of nitriles is 1. The molecular weight excluding hydrogens is 142 g/mol. The lowest BCUT2D eigenvalue weighted by Crippen LogP contribution is -2.42. The largest absolute Gasteiger partial charge is 0.290 e. The smallest absolute Gasteiger partial charge is 0.248 e. The molecule has 0 saturated heterocycles. The lowest BCUT2D eigenvalue weighted by Gasteiger charge is -2.10.